The number of carbonyl (C=O) groups is 1. The van der Waals surface area contributed by atoms with Gasteiger partial charge < -0.3 is 24.8 Å². The smallest absolute Gasteiger partial charge is 0.197 e. The van der Waals surface area contributed by atoms with E-state index in [4.69, 9.17) is 9.47 Å². The van der Waals surface area contributed by atoms with Crippen molar-refractivity contribution in [2.24, 2.45) is 0 Å². The highest BCUT2D eigenvalue weighted by atomic mass is 16.8. The SMILES string of the molecule is CC[C@@]1(O)O[C@@H](OCC(C)=O)[C@@H](O)[C@@H]1O. The molecular formula is C9H16O6. The first-order chi connectivity index (χ1) is 6.90. The molecule has 1 saturated heterocycles. The summed E-state index contributed by atoms with van der Waals surface area (Å²) in [6.45, 7) is 2.70. The fourth-order valence-corrected chi connectivity index (χ4v) is 1.38. The predicted octanol–water partition coefficient (Wildman–Crippen LogP) is -1.23. The second-order valence-corrected chi connectivity index (χ2v) is 3.63. The number of carbonyl (C=O) groups excluding carboxylic acids is 1. The van der Waals surface area contributed by atoms with Gasteiger partial charge in [-0.15, -0.1) is 0 Å². The summed E-state index contributed by atoms with van der Waals surface area (Å²) >= 11 is 0. The van der Waals surface area contributed by atoms with Crippen molar-refractivity contribution in [2.45, 2.75) is 44.6 Å². The highest BCUT2D eigenvalue weighted by Crippen LogP contribution is 2.32. The second-order valence-electron chi connectivity index (χ2n) is 3.63. The van der Waals surface area contributed by atoms with Crippen LogP contribution in [0.1, 0.15) is 20.3 Å². The molecule has 0 aromatic heterocycles. The second kappa shape index (κ2) is 4.54. The number of ether oxygens (including phenoxy) is 2. The molecule has 0 spiro atoms. The van der Waals surface area contributed by atoms with Crippen LogP contribution in [0.3, 0.4) is 0 Å². The molecule has 0 aromatic rings. The van der Waals surface area contributed by atoms with E-state index in [-0.39, 0.29) is 18.8 Å². The molecule has 88 valence electrons. The first-order valence-electron chi connectivity index (χ1n) is 4.78. The number of aliphatic hydroxyl groups excluding tert-OH is 2. The zero-order chi connectivity index (χ0) is 11.6. The van der Waals surface area contributed by atoms with Crippen LogP contribution in [0.4, 0.5) is 0 Å². The van der Waals surface area contributed by atoms with Crippen LogP contribution in [-0.2, 0) is 14.3 Å². The zero-order valence-electron chi connectivity index (χ0n) is 8.71. The molecule has 0 aliphatic carbocycles. The Kier molecular flexibility index (Phi) is 3.80. The molecule has 0 amide bonds. The van der Waals surface area contributed by atoms with Crippen LogP contribution in [0.2, 0.25) is 0 Å². The molecule has 0 unspecified atom stereocenters. The molecule has 15 heavy (non-hydrogen) atoms. The molecule has 6 nitrogen and oxygen atoms in total. The molecule has 1 aliphatic rings. The molecule has 1 fully saturated rings. The third-order valence-electron chi connectivity index (χ3n) is 2.34. The van der Waals surface area contributed by atoms with Crippen LogP contribution >= 0.6 is 0 Å². The Labute approximate surface area is 87.4 Å². The third kappa shape index (κ3) is 2.53. The fraction of sp³-hybridized carbons (Fsp3) is 0.889. The summed E-state index contributed by atoms with van der Waals surface area (Å²) in [4.78, 5) is 10.6. The number of aliphatic hydroxyl groups is 3. The molecule has 0 radical (unpaired) electrons. The van der Waals surface area contributed by atoms with Crippen LogP contribution in [0.15, 0.2) is 0 Å². The van der Waals surface area contributed by atoms with E-state index in [0.717, 1.165) is 0 Å². The quantitative estimate of drug-likeness (QED) is 0.549. The molecule has 0 bridgehead atoms. The Balaban J connectivity index is 2.59. The Morgan fingerprint density at radius 3 is 2.53 bits per heavy atom. The Morgan fingerprint density at radius 2 is 2.13 bits per heavy atom. The molecule has 0 saturated carbocycles. The maximum atomic E-state index is 10.6. The van der Waals surface area contributed by atoms with Gasteiger partial charge in [0.05, 0.1) is 0 Å². The summed E-state index contributed by atoms with van der Waals surface area (Å²) in [5.74, 6) is -2.03. The minimum absolute atomic E-state index is 0.116. The van der Waals surface area contributed by atoms with Crippen molar-refractivity contribution in [1.29, 1.82) is 0 Å². The predicted molar refractivity (Wildman–Crippen MR) is 48.8 cm³/mol. The number of rotatable bonds is 4. The summed E-state index contributed by atoms with van der Waals surface area (Å²) < 4.78 is 9.86. The largest absolute Gasteiger partial charge is 0.385 e. The summed E-state index contributed by atoms with van der Waals surface area (Å²) in [6.07, 6.45) is -3.84. The first kappa shape index (κ1) is 12.5. The van der Waals surface area contributed by atoms with Gasteiger partial charge in [-0.05, 0) is 6.92 Å². The fourth-order valence-electron chi connectivity index (χ4n) is 1.38. The van der Waals surface area contributed by atoms with Crippen molar-refractivity contribution >= 4 is 5.78 Å². The standard InChI is InChI=1S/C9H16O6/c1-3-9(13)7(12)6(11)8(15-9)14-4-5(2)10/h6-8,11-13H,3-4H2,1-2H3/t6-,7-,8+,9+/m0/s1. The van der Waals surface area contributed by atoms with Gasteiger partial charge >= 0.3 is 0 Å². The van der Waals surface area contributed by atoms with E-state index in [0.29, 0.717) is 0 Å². The number of ketones is 1. The molecule has 1 rings (SSSR count). The van der Waals surface area contributed by atoms with Crippen LogP contribution in [-0.4, -0.2) is 52.0 Å². The minimum atomic E-state index is -1.80. The molecule has 1 aliphatic heterocycles. The lowest BCUT2D eigenvalue weighted by molar-refractivity contribution is -0.268. The highest BCUT2D eigenvalue weighted by Gasteiger charge is 2.52. The third-order valence-corrected chi connectivity index (χ3v) is 2.34. The maximum Gasteiger partial charge on any atom is 0.197 e. The van der Waals surface area contributed by atoms with E-state index in [1.807, 2.05) is 0 Å². The average Bonchev–Trinajstić information content (AvgIpc) is 2.41. The van der Waals surface area contributed by atoms with Crippen molar-refractivity contribution in [1.82, 2.24) is 0 Å². The lowest BCUT2D eigenvalue weighted by Gasteiger charge is -2.23. The number of hydrogen-bond donors (Lipinski definition) is 3. The molecule has 1 heterocycles. The number of hydrogen-bond acceptors (Lipinski definition) is 6. The first-order valence-corrected chi connectivity index (χ1v) is 4.78. The van der Waals surface area contributed by atoms with E-state index >= 15 is 0 Å². The lowest BCUT2D eigenvalue weighted by Crippen LogP contribution is -2.42. The molecular weight excluding hydrogens is 204 g/mol. The Hall–Kier alpha value is -0.530. The summed E-state index contributed by atoms with van der Waals surface area (Å²) in [5.41, 5.74) is 0. The zero-order valence-corrected chi connectivity index (χ0v) is 8.71. The van der Waals surface area contributed by atoms with Crippen molar-refractivity contribution in [3.05, 3.63) is 0 Å². The van der Waals surface area contributed by atoms with E-state index in [9.17, 15) is 20.1 Å². The molecule has 0 aromatic carbocycles. The number of Topliss-reactive ketones (excluding diaryl/α,β-unsaturated/α-hetero) is 1. The summed E-state index contributed by atoms with van der Waals surface area (Å²) in [5, 5.41) is 28.6. The van der Waals surface area contributed by atoms with E-state index in [2.05, 4.69) is 0 Å². The monoisotopic (exact) mass is 220 g/mol. The highest BCUT2D eigenvalue weighted by molar-refractivity contribution is 5.76. The Bertz CT molecular complexity index is 243. The van der Waals surface area contributed by atoms with Crippen LogP contribution in [0, 0.1) is 0 Å². The average molecular weight is 220 g/mol. The van der Waals surface area contributed by atoms with Gasteiger partial charge in [-0.3, -0.25) is 4.79 Å². The summed E-state index contributed by atoms with van der Waals surface area (Å²) in [6, 6.07) is 0. The topological polar surface area (TPSA) is 96.2 Å². The molecule has 3 N–H and O–H groups in total. The Morgan fingerprint density at radius 1 is 1.53 bits per heavy atom. The molecule has 4 atom stereocenters. The van der Waals surface area contributed by atoms with Gasteiger partial charge in [0.1, 0.15) is 18.8 Å². The van der Waals surface area contributed by atoms with E-state index in [1.165, 1.54) is 6.92 Å². The van der Waals surface area contributed by atoms with Crippen molar-refractivity contribution in [3.63, 3.8) is 0 Å². The van der Waals surface area contributed by atoms with Crippen molar-refractivity contribution in [2.75, 3.05) is 6.61 Å². The van der Waals surface area contributed by atoms with Gasteiger partial charge in [-0.2, -0.15) is 0 Å². The van der Waals surface area contributed by atoms with Gasteiger partial charge in [0, 0.05) is 6.42 Å². The van der Waals surface area contributed by atoms with Crippen molar-refractivity contribution < 1.29 is 29.6 Å². The normalized spacial score (nSPS) is 40.7. The van der Waals surface area contributed by atoms with E-state index < -0.39 is 24.3 Å². The van der Waals surface area contributed by atoms with Gasteiger partial charge in [-0.1, -0.05) is 6.92 Å². The van der Waals surface area contributed by atoms with Crippen LogP contribution < -0.4 is 0 Å². The van der Waals surface area contributed by atoms with Gasteiger partial charge in [0.2, 0.25) is 0 Å². The van der Waals surface area contributed by atoms with Crippen LogP contribution in [0.25, 0.3) is 0 Å². The van der Waals surface area contributed by atoms with Gasteiger partial charge in [-0.25, -0.2) is 0 Å². The van der Waals surface area contributed by atoms with Gasteiger partial charge in [0.15, 0.2) is 17.9 Å². The summed E-state index contributed by atoms with van der Waals surface area (Å²) in [7, 11) is 0. The maximum absolute atomic E-state index is 10.6. The van der Waals surface area contributed by atoms with Crippen LogP contribution in [0.5, 0.6) is 0 Å². The van der Waals surface area contributed by atoms with E-state index in [1.54, 1.807) is 6.92 Å². The lowest BCUT2D eigenvalue weighted by atomic mass is 10.1. The van der Waals surface area contributed by atoms with Gasteiger partial charge in [0.25, 0.3) is 0 Å². The van der Waals surface area contributed by atoms with Crippen molar-refractivity contribution in [3.8, 4) is 0 Å². The minimum Gasteiger partial charge on any atom is -0.385 e. The molecule has 6 heteroatoms.